The zero-order chi connectivity index (χ0) is 14.1. The van der Waals surface area contributed by atoms with E-state index in [4.69, 9.17) is 14.2 Å². The molecule has 1 N–H and O–H groups in total. The van der Waals surface area contributed by atoms with E-state index >= 15 is 0 Å². The fourth-order valence-electron chi connectivity index (χ4n) is 1.56. The van der Waals surface area contributed by atoms with Crippen molar-refractivity contribution in [3.63, 3.8) is 0 Å². The third-order valence-electron chi connectivity index (χ3n) is 2.33. The summed E-state index contributed by atoms with van der Waals surface area (Å²) >= 11 is 0. The number of benzene rings is 1. The highest BCUT2D eigenvalue weighted by molar-refractivity contribution is 5.77. The molecule has 5 nitrogen and oxygen atoms in total. The van der Waals surface area contributed by atoms with Gasteiger partial charge in [0.15, 0.2) is 6.61 Å². The monoisotopic (exact) mass is 267 g/mol. The molecular formula is C14H21NO4. The maximum Gasteiger partial charge on any atom is 0.258 e. The lowest BCUT2D eigenvalue weighted by Crippen LogP contribution is -2.38. The second kappa shape index (κ2) is 8.37. The molecule has 0 aliphatic carbocycles. The Morgan fingerprint density at radius 3 is 2.32 bits per heavy atom. The van der Waals surface area contributed by atoms with Crippen LogP contribution in [0.15, 0.2) is 24.3 Å². The lowest BCUT2D eigenvalue weighted by atomic mass is 10.3. The van der Waals surface area contributed by atoms with E-state index in [1.807, 2.05) is 26.0 Å². The van der Waals surface area contributed by atoms with Crippen molar-refractivity contribution in [2.75, 3.05) is 26.9 Å². The van der Waals surface area contributed by atoms with Gasteiger partial charge >= 0.3 is 0 Å². The summed E-state index contributed by atoms with van der Waals surface area (Å²) in [6.45, 7) is 4.89. The van der Waals surface area contributed by atoms with E-state index in [1.54, 1.807) is 19.2 Å². The fraction of sp³-hybridized carbons (Fsp3) is 0.500. The quantitative estimate of drug-likeness (QED) is 0.777. The molecule has 19 heavy (non-hydrogen) atoms. The van der Waals surface area contributed by atoms with Crippen molar-refractivity contribution in [3.05, 3.63) is 24.3 Å². The van der Waals surface area contributed by atoms with E-state index in [9.17, 15) is 4.79 Å². The first kappa shape index (κ1) is 15.3. The van der Waals surface area contributed by atoms with Crippen LogP contribution in [-0.2, 0) is 9.53 Å². The number of amides is 1. The Bertz CT molecular complexity index is 378. The Morgan fingerprint density at radius 1 is 1.21 bits per heavy atom. The van der Waals surface area contributed by atoms with Gasteiger partial charge in [0.2, 0.25) is 0 Å². The summed E-state index contributed by atoms with van der Waals surface area (Å²) in [5.41, 5.74) is 0. The van der Waals surface area contributed by atoms with E-state index in [2.05, 4.69) is 5.32 Å². The van der Waals surface area contributed by atoms with E-state index in [0.29, 0.717) is 19.0 Å². The SMILES string of the molecule is CCOc1ccc(OCC(=O)NC(C)COC)cc1. The van der Waals surface area contributed by atoms with Crippen molar-refractivity contribution in [1.29, 1.82) is 0 Å². The first-order chi connectivity index (χ1) is 9.15. The Balaban J connectivity index is 2.33. The number of ether oxygens (including phenoxy) is 3. The highest BCUT2D eigenvalue weighted by Gasteiger charge is 2.07. The smallest absolute Gasteiger partial charge is 0.258 e. The maximum absolute atomic E-state index is 11.6. The van der Waals surface area contributed by atoms with E-state index in [1.165, 1.54) is 0 Å². The van der Waals surface area contributed by atoms with Crippen LogP contribution in [0.2, 0.25) is 0 Å². The first-order valence-corrected chi connectivity index (χ1v) is 6.29. The minimum atomic E-state index is -0.168. The first-order valence-electron chi connectivity index (χ1n) is 6.29. The van der Waals surface area contributed by atoms with Crippen LogP contribution in [0, 0.1) is 0 Å². The second-order valence-electron chi connectivity index (χ2n) is 4.12. The van der Waals surface area contributed by atoms with Crippen molar-refractivity contribution in [3.8, 4) is 11.5 Å². The van der Waals surface area contributed by atoms with Gasteiger partial charge in [-0.2, -0.15) is 0 Å². The number of carbonyl (C=O) groups excluding carboxylic acids is 1. The van der Waals surface area contributed by atoms with Crippen molar-refractivity contribution in [2.24, 2.45) is 0 Å². The molecule has 1 unspecified atom stereocenters. The molecule has 0 radical (unpaired) electrons. The van der Waals surface area contributed by atoms with Gasteiger partial charge in [0.25, 0.3) is 5.91 Å². The molecule has 0 heterocycles. The summed E-state index contributed by atoms with van der Waals surface area (Å²) in [4.78, 5) is 11.6. The van der Waals surface area contributed by atoms with Crippen molar-refractivity contribution >= 4 is 5.91 Å². The van der Waals surface area contributed by atoms with Crippen LogP contribution in [0.1, 0.15) is 13.8 Å². The molecule has 0 saturated heterocycles. The molecule has 0 fully saturated rings. The summed E-state index contributed by atoms with van der Waals surface area (Å²) in [5, 5.41) is 2.77. The normalized spacial score (nSPS) is 11.7. The van der Waals surface area contributed by atoms with Crippen LogP contribution in [0.25, 0.3) is 0 Å². The molecule has 0 aliphatic rings. The number of methoxy groups -OCH3 is 1. The average molecular weight is 267 g/mol. The third kappa shape index (κ3) is 6.10. The molecule has 1 aromatic rings. The lowest BCUT2D eigenvalue weighted by molar-refractivity contribution is -0.124. The molecule has 0 spiro atoms. The van der Waals surface area contributed by atoms with Gasteiger partial charge < -0.3 is 19.5 Å². The zero-order valence-corrected chi connectivity index (χ0v) is 11.6. The molecule has 1 rings (SSSR count). The number of hydrogen-bond donors (Lipinski definition) is 1. The van der Waals surface area contributed by atoms with Gasteiger partial charge in [0.1, 0.15) is 11.5 Å². The predicted octanol–water partition coefficient (Wildman–Crippen LogP) is 1.62. The molecule has 0 saturated carbocycles. The highest BCUT2D eigenvalue weighted by Crippen LogP contribution is 2.17. The molecule has 5 heteroatoms. The highest BCUT2D eigenvalue weighted by atomic mass is 16.5. The van der Waals surface area contributed by atoms with Gasteiger partial charge in [-0.25, -0.2) is 0 Å². The van der Waals surface area contributed by atoms with Gasteiger partial charge in [0.05, 0.1) is 13.2 Å². The molecule has 0 aliphatic heterocycles. The summed E-state index contributed by atoms with van der Waals surface area (Å²) in [7, 11) is 1.60. The van der Waals surface area contributed by atoms with Crippen LogP contribution in [0.5, 0.6) is 11.5 Å². The Morgan fingerprint density at radius 2 is 1.79 bits per heavy atom. The van der Waals surface area contributed by atoms with Crippen LogP contribution >= 0.6 is 0 Å². The Hall–Kier alpha value is -1.75. The maximum atomic E-state index is 11.6. The summed E-state index contributed by atoms with van der Waals surface area (Å²) in [6.07, 6.45) is 0. The van der Waals surface area contributed by atoms with Gasteiger partial charge in [-0.05, 0) is 38.1 Å². The lowest BCUT2D eigenvalue weighted by Gasteiger charge is -2.13. The summed E-state index contributed by atoms with van der Waals surface area (Å²) in [6, 6.07) is 7.14. The molecule has 106 valence electrons. The van der Waals surface area contributed by atoms with Gasteiger partial charge in [-0.15, -0.1) is 0 Å². The van der Waals surface area contributed by atoms with Crippen LogP contribution < -0.4 is 14.8 Å². The molecule has 1 amide bonds. The number of hydrogen-bond acceptors (Lipinski definition) is 4. The summed E-state index contributed by atoms with van der Waals surface area (Å²) < 4.78 is 15.6. The minimum absolute atomic E-state index is 0.0119. The van der Waals surface area contributed by atoms with Crippen molar-refractivity contribution in [2.45, 2.75) is 19.9 Å². The second-order valence-corrected chi connectivity index (χ2v) is 4.12. The number of nitrogens with one attached hydrogen (secondary N) is 1. The Kier molecular flexibility index (Phi) is 6.74. The molecule has 0 aromatic heterocycles. The van der Waals surface area contributed by atoms with Crippen LogP contribution in [0.4, 0.5) is 0 Å². The fourth-order valence-corrected chi connectivity index (χ4v) is 1.56. The van der Waals surface area contributed by atoms with Gasteiger partial charge in [0, 0.05) is 13.2 Å². The summed E-state index contributed by atoms with van der Waals surface area (Å²) in [5.74, 6) is 1.25. The third-order valence-corrected chi connectivity index (χ3v) is 2.33. The van der Waals surface area contributed by atoms with Crippen molar-refractivity contribution < 1.29 is 19.0 Å². The van der Waals surface area contributed by atoms with E-state index in [0.717, 1.165) is 5.75 Å². The molecule has 0 bridgehead atoms. The predicted molar refractivity (Wildman–Crippen MR) is 72.6 cm³/mol. The topological polar surface area (TPSA) is 56.8 Å². The van der Waals surface area contributed by atoms with E-state index < -0.39 is 0 Å². The van der Waals surface area contributed by atoms with Crippen LogP contribution in [0.3, 0.4) is 0 Å². The van der Waals surface area contributed by atoms with Gasteiger partial charge in [-0.3, -0.25) is 4.79 Å². The average Bonchev–Trinajstić information content (AvgIpc) is 2.38. The molecule has 1 atom stereocenters. The largest absolute Gasteiger partial charge is 0.494 e. The number of carbonyl (C=O) groups is 1. The van der Waals surface area contributed by atoms with E-state index in [-0.39, 0.29) is 18.6 Å². The standard InChI is InChI=1S/C14H21NO4/c1-4-18-12-5-7-13(8-6-12)19-10-14(16)15-11(2)9-17-3/h5-8,11H,4,9-10H2,1-3H3,(H,15,16). The van der Waals surface area contributed by atoms with Gasteiger partial charge in [-0.1, -0.05) is 0 Å². The van der Waals surface area contributed by atoms with Crippen molar-refractivity contribution in [1.82, 2.24) is 5.32 Å². The molecular weight excluding hydrogens is 246 g/mol. The number of rotatable bonds is 8. The zero-order valence-electron chi connectivity index (χ0n) is 11.6. The van der Waals surface area contributed by atoms with Crippen LogP contribution in [-0.4, -0.2) is 38.9 Å². The Labute approximate surface area is 113 Å². The minimum Gasteiger partial charge on any atom is -0.494 e. The molecule has 1 aromatic carbocycles.